The quantitative estimate of drug-likeness (QED) is 0.644. The number of aromatic hydroxyl groups is 1. The van der Waals surface area contributed by atoms with Crippen LogP contribution in [-0.2, 0) is 4.79 Å². The number of aliphatic imine (C=N–C) groups is 1. The zero-order valence-corrected chi connectivity index (χ0v) is 15.5. The first-order valence-electron chi connectivity index (χ1n) is 8.95. The predicted octanol–water partition coefficient (Wildman–Crippen LogP) is 4.06. The van der Waals surface area contributed by atoms with Gasteiger partial charge in [0.1, 0.15) is 23.1 Å². The Labute approximate surface area is 170 Å². The van der Waals surface area contributed by atoms with Gasteiger partial charge in [-0.05, 0) is 72.3 Å². The third kappa shape index (κ3) is 3.68. The predicted molar refractivity (Wildman–Crippen MR) is 110 cm³/mol. The van der Waals surface area contributed by atoms with Crippen molar-refractivity contribution >= 4 is 29.5 Å². The summed E-state index contributed by atoms with van der Waals surface area (Å²) >= 11 is 0. The van der Waals surface area contributed by atoms with E-state index < -0.39 is 17.7 Å². The summed E-state index contributed by atoms with van der Waals surface area (Å²) in [6.07, 6.45) is 1.55. The van der Waals surface area contributed by atoms with E-state index in [0.29, 0.717) is 22.6 Å². The van der Waals surface area contributed by atoms with Crippen molar-refractivity contribution in [2.45, 2.75) is 0 Å². The maximum Gasteiger partial charge on any atom is 0.335 e. The standard InChI is InChI=1S/C23H15FN2O4/c24-17-7-5-15(6-8-17)21-25-20(13-14-1-3-16(4-2-14)23(29)30)22(28)26(21)18-9-11-19(27)12-10-18/h1-13,27H,(H,29,30)/b20-13+. The molecule has 0 spiro atoms. The summed E-state index contributed by atoms with van der Waals surface area (Å²) in [7, 11) is 0. The van der Waals surface area contributed by atoms with Crippen LogP contribution in [0.1, 0.15) is 21.5 Å². The molecule has 1 heterocycles. The number of amidine groups is 1. The number of hydrogen-bond donors (Lipinski definition) is 2. The molecule has 2 N–H and O–H groups in total. The molecule has 0 bridgehead atoms. The lowest BCUT2D eigenvalue weighted by Crippen LogP contribution is -2.32. The van der Waals surface area contributed by atoms with Crippen molar-refractivity contribution in [1.29, 1.82) is 0 Å². The molecule has 30 heavy (non-hydrogen) atoms. The largest absolute Gasteiger partial charge is 0.508 e. The molecular weight excluding hydrogens is 387 g/mol. The molecule has 1 aliphatic rings. The Morgan fingerprint density at radius 2 is 1.57 bits per heavy atom. The fourth-order valence-corrected chi connectivity index (χ4v) is 3.03. The van der Waals surface area contributed by atoms with Gasteiger partial charge in [-0.15, -0.1) is 0 Å². The molecule has 0 aliphatic carbocycles. The highest BCUT2D eigenvalue weighted by Crippen LogP contribution is 2.29. The van der Waals surface area contributed by atoms with Crippen molar-refractivity contribution in [2.24, 2.45) is 4.99 Å². The van der Waals surface area contributed by atoms with Crippen LogP contribution in [0, 0.1) is 5.82 Å². The molecule has 0 fully saturated rings. The second kappa shape index (κ2) is 7.63. The number of amides is 1. The summed E-state index contributed by atoms with van der Waals surface area (Å²) in [6.45, 7) is 0. The third-order valence-corrected chi connectivity index (χ3v) is 4.53. The summed E-state index contributed by atoms with van der Waals surface area (Å²) in [5.74, 6) is -1.48. The van der Waals surface area contributed by atoms with Crippen LogP contribution < -0.4 is 4.90 Å². The maximum atomic E-state index is 13.4. The molecule has 0 saturated heterocycles. The molecule has 1 amide bonds. The number of carbonyl (C=O) groups excluding carboxylic acids is 1. The van der Waals surface area contributed by atoms with Crippen LogP contribution >= 0.6 is 0 Å². The maximum absolute atomic E-state index is 13.4. The highest BCUT2D eigenvalue weighted by molar-refractivity contribution is 6.33. The average molecular weight is 402 g/mol. The van der Waals surface area contributed by atoms with E-state index in [2.05, 4.69) is 4.99 Å². The molecule has 3 aromatic carbocycles. The Bertz CT molecular complexity index is 1180. The van der Waals surface area contributed by atoms with Gasteiger partial charge in [-0.25, -0.2) is 14.2 Å². The number of rotatable bonds is 4. The number of aromatic carboxylic acids is 1. The monoisotopic (exact) mass is 402 g/mol. The van der Waals surface area contributed by atoms with Crippen LogP contribution in [0.5, 0.6) is 5.75 Å². The van der Waals surface area contributed by atoms with Gasteiger partial charge in [0.05, 0.1) is 11.3 Å². The van der Waals surface area contributed by atoms with Crippen LogP contribution in [0.15, 0.2) is 83.5 Å². The molecule has 0 unspecified atom stereocenters. The minimum absolute atomic E-state index is 0.0555. The van der Waals surface area contributed by atoms with Gasteiger partial charge < -0.3 is 10.2 Å². The summed E-state index contributed by atoms with van der Waals surface area (Å²) in [5.41, 5.74) is 1.92. The number of carboxylic acids is 1. The van der Waals surface area contributed by atoms with Gasteiger partial charge in [0.15, 0.2) is 0 Å². The summed E-state index contributed by atoms with van der Waals surface area (Å²) in [5, 5.41) is 18.6. The first-order valence-corrected chi connectivity index (χ1v) is 8.95. The van der Waals surface area contributed by atoms with Gasteiger partial charge in [-0.2, -0.15) is 0 Å². The van der Waals surface area contributed by atoms with E-state index in [1.807, 2.05) is 0 Å². The molecule has 0 radical (unpaired) electrons. The average Bonchev–Trinajstić information content (AvgIpc) is 3.06. The van der Waals surface area contributed by atoms with Crippen LogP contribution in [0.3, 0.4) is 0 Å². The second-order valence-corrected chi connectivity index (χ2v) is 6.56. The first-order chi connectivity index (χ1) is 14.4. The van der Waals surface area contributed by atoms with Crippen molar-refractivity contribution in [3.63, 3.8) is 0 Å². The molecule has 6 nitrogen and oxygen atoms in total. The topological polar surface area (TPSA) is 90.2 Å². The SMILES string of the molecule is O=C(O)c1ccc(/C=C2/N=C(c3ccc(F)cc3)N(c3ccc(O)cc3)C2=O)cc1. The Balaban J connectivity index is 1.78. The molecule has 4 rings (SSSR count). The molecule has 7 heteroatoms. The van der Waals surface area contributed by atoms with Crippen molar-refractivity contribution in [2.75, 3.05) is 4.90 Å². The number of nitrogens with zero attached hydrogens (tertiary/aromatic N) is 2. The molecule has 0 saturated carbocycles. The summed E-state index contributed by atoms with van der Waals surface area (Å²) < 4.78 is 13.4. The number of carboxylic acid groups (broad SMARTS) is 1. The second-order valence-electron chi connectivity index (χ2n) is 6.56. The number of phenolic OH excluding ortho intramolecular Hbond substituents is 1. The number of phenols is 1. The third-order valence-electron chi connectivity index (χ3n) is 4.53. The van der Waals surface area contributed by atoms with Crippen molar-refractivity contribution < 1.29 is 24.2 Å². The van der Waals surface area contributed by atoms with E-state index in [-0.39, 0.29) is 17.0 Å². The first kappa shape index (κ1) is 19.1. The van der Waals surface area contributed by atoms with Crippen molar-refractivity contribution in [1.82, 2.24) is 0 Å². The lowest BCUT2D eigenvalue weighted by Gasteiger charge is -2.18. The fraction of sp³-hybridized carbons (Fsp3) is 0. The number of benzene rings is 3. The van der Waals surface area contributed by atoms with E-state index >= 15 is 0 Å². The molecule has 0 aromatic heterocycles. The van der Waals surface area contributed by atoms with Gasteiger partial charge >= 0.3 is 5.97 Å². The van der Waals surface area contributed by atoms with Gasteiger partial charge in [0.25, 0.3) is 5.91 Å². The van der Waals surface area contributed by atoms with Crippen molar-refractivity contribution in [3.8, 4) is 5.75 Å². The minimum atomic E-state index is -1.04. The lowest BCUT2D eigenvalue weighted by atomic mass is 10.1. The van der Waals surface area contributed by atoms with Crippen LogP contribution in [0.25, 0.3) is 6.08 Å². The van der Waals surface area contributed by atoms with E-state index in [0.717, 1.165) is 0 Å². The van der Waals surface area contributed by atoms with Gasteiger partial charge in [-0.3, -0.25) is 9.69 Å². The van der Waals surface area contributed by atoms with Gasteiger partial charge in [0, 0.05) is 5.56 Å². The Morgan fingerprint density at radius 3 is 2.17 bits per heavy atom. The van der Waals surface area contributed by atoms with Crippen LogP contribution in [0.4, 0.5) is 10.1 Å². The van der Waals surface area contributed by atoms with E-state index in [1.165, 1.54) is 53.4 Å². The Morgan fingerprint density at radius 1 is 0.933 bits per heavy atom. The van der Waals surface area contributed by atoms with Gasteiger partial charge in [-0.1, -0.05) is 12.1 Å². The highest BCUT2D eigenvalue weighted by atomic mass is 19.1. The molecule has 3 aromatic rings. The van der Waals surface area contributed by atoms with E-state index in [4.69, 9.17) is 5.11 Å². The highest BCUT2D eigenvalue weighted by Gasteiger charge is 2.32. The van der Waals surface area contributed by atoms with Crippen LogP contribution in [-0.4, -0.2) is 27.9 Å². The number of halogens is 1. The Hall–Kier alpha value is -4.26. The van der Waals surface area contributed by atoms with E-state index in [1.54, 1.807) is 30.3 Å². The fourth-order valence-electron chi connectivity index (χ4n) is 3.03. The Kier molecular flexibility index (Phi) is 4.85. The number of anilines is 1. The zero-order chi connectivity index (χ0) is 21.3. The lowest BCUT2D eigenvalue weighted by molar-refractivity contribution is -0.113. The summed E-state index contributed by atoms with van der Waals surface area (Å²) in [6, 6.07) is 17.7. The van der Waals surface area contributed by atoms with Gasteiger partial charge in [0.2, 0.25) is 0 Å². The van der Waals surface area contributed by atoms with E-state index in [9.17, 15) is 19.1 Å². The molecule has 148 valence electrons. The summed E-state index contributed by atoms with van der Waals surface area (Å²) in [4.78, 5) is 30.0. The molecular formula is C23H15FN2O4. The smallest absolute Gasteiger partial charge is 0.335 e. The normalized spacial score (nSPS) is 14.8. The van der Waals surface area contributed by atoms with Crippen molar-refractivity contribution in [3.05, 3.63) is 101 Å². The molecule has 1 aliphatic heterocycles. The number of carbonyl (C=O) groups is 2. The molecule has 0 atom stereocenters. The minimum Gasteiger partial charge on any atom is -0.508 e. The zero-order valence-electron chi connectivity index (χ0n) is 15.5. The van der Waals surface area contributed by atoms with Crippen LogP contribution in [0.2, 0.25) is 0 Å². The number of hydrogen-bond acceptors (Lipinski definition) is 4.